The van der Waals surface area contributed by atoms with Crippen LogP contribution in [0.5, 0.6) is 11.5 Å². The molecule has 7 nitrogen and oxygen atoms in total. The predicted octanol–water partition coefficient (Wildman–Crippen LogP) is 6.95. The smallest absolute Gasteiger partial charge is 0.416 e. The van der Waals surface area contributed by atoms with Crippen LogP contribution in [0.4, 0.5) is 19.0 Å². The molecule has 2 aliphatic heterocycles. The largest absolute Gasteiger partial charge is 0.504 e. The van der Waals surface area contributed by atoms with Crippen molar-refractivity contribution in [3.63, 3.8) is 0 Å². The highest BCUT2D eigenvalue weighted by Gasteiger charge is 2.33. The van der Waals surface area contributed by atoms with Gasteiger partial charge in [0.25, 0.3) is 5.91 Å². The standard InChI is InChI=1S/C34H35F3N4O3/c1-44-31-18-24(9-13-30(31)42)23-8-12-29-27(17-23)28(33(43)41-16-4-5-26(41)21-40-14-2-3-15-40)19-32(39-29)38-20-22-6-10-25(11-7-22)34(35,36)37/h6-13,17-19,26,42H,2-5,14-16,20-21H2,1H3,(H,38,39)/t26-/m0/s1. The van der Waals surface area contributed by atoms with E-state index in [9.17, 15) is 23.1 Å². The minimum absolute atomic E-state index is 0.0383. The highest BCUT2D eigenvalue weighted by molar-refractivity contribution is 6.08. The summed E-state index contributed by atoms with van der Waals surface area (Å²) in [5, 5.41) is 14.0. The number of carbonyl (C=O) groups excluding carboxylic acids is 1. The molecule has 44 heavy (non-hydrogen) atoms. The van der Waals surface area contributed by atoms with Gasteiger partial charge in [-0.2, -0.15) is 13.2 Å². The zero-order valence-electron chi connectivity index (χ0n) is 24.5. The summed E-state index contributed by atoms with van der Waals surface area (Å²) >= 11 is 0. The van der Waals surface area contributed by atoms with Crippen molar-refractivity contribution >= 4 is 22.6 Å². The third kappa shape index (κ3) is 6.31. The average molecular weight is 605 g/mol. The molecule has 1 amide bonds. The summed E-state index contributed by atoms with van der Waals surface area (Å²) in [6.07, 6.45) is -0.107. The summed E-state index contributed by atoms with van der Waals surface area (Å²) in [6.45, 7) is 3.93. The molecule has 2 N–H and O–H groups in total. The fourth-order valence-corrected chi connectivity index (χ4v) is 6.25. The molecule has 2 aliphatic rings. The molecule has 0 spiro atoms. The number of alkyl halides is 3. The quantitative estimate of drug-likeness (QED) is 0.227. The molecule has 10 heteroatoms. The van der Waals surface area contributed by atoms with Crippen LogP contribution < -0.4 is 10.1 Å². The van der Waals surface area contributed by atoms with Gasteiger partial charge in [0, 0.05) is 31.1 Å². The van der Waals surface area contributed by atoms with E-state index in [0.717, 1.165) is 55.7 Å². The van der Waals surface area contributed by atoms with Gasteiger partial charge >= 0.3 is 6.18 Å². The second kappa shape index (κ2) is 12.4. The minimum atomic E-state index is -4.40. The first kappa shape index (κ1) is 29.7. The Labute approximate surface area is 254 Å². The van der Waals surface area contributed by atoms with Gasteiger partial charge in [-0.1, -0.05) is 24.3 Å². The van der Waals surface area contributed by atoms with Crippen LogP contribution in [0.3, 0.4) is 0 Å². The summed E-state index contributed by atoms with van der Waals surface area (Å²) < 4.78 is 44.4. The summed E-state index contributed by atoms with van der Waals surface area (Å²) in [4.78, 5) is 23.5. The maximum Gasteiger partial charge on any atom is 0.416 e. The van der Waals surface area contributed by atoms with Gasteiger partial charge < -0.3 is 25.0 Å². The van der Waals surface area contributed by atoms with E-state index in [4.69, 9.17) is 9.72 Å². The van der Waals surface area contributed by atoms with Crippen molar-refractivity contribution in [2.45, 2.75) is 44.4 Å². The predicted molar refractivity (Wildman–Crippen MR) is 164 cm³/mol. The van der Waals surface area contributed by atoms with Gasteiger partial charge in [-0.05, 0) is 97.9 Å². The van der Waals surface area contributed by atoms with Gasteiger partial charge in [-0.15, -0.1) is 0 Å². The van der Waals surface area contributed by atoms with Crippen molar-refractivity contribution in [2.24, 2.45) is 0 Å². The van der Waals surface area contributed by atoms with Gasteiger partial charge in [0.1, 0.15) is 5.82 Å². The first-order chi connectivity index (χ1) is 21.2. The molecule has 6 rings (SSSR count). The second-order valence-electron chi connectivity index (χ2n) is 11.5. The number of nitrogens with one attached hydrogen (secondary N) is 1. The first-order valence-electron chi connectivity index (χ1n) is 14.9. The van der Waals surface area contributed by atoms with Crippen LogP contribution in [-0.2, 0) is 12.7 Å². The molecule has 1 aromatic heterocycles. The van der Waals surface area contributed by atoms with Crippen LogP contribution in [0, 0.1) is 0 Å². The van der Waals surface area contributed by atoms with Gasteiger partial charge in [0.05, 0.1) is 23.8 Å². The number of methoxy groups -OCH3 is 1. The average Bonchev–Trinajstić information content (AvgIpc) is 3.72. The van der Waals surface area contributed by atoms with E-state index in [-0.39, 0.29) is 24.2 Å². The lowest BCUT2D eigenvalue weighted by molar-refractivity contribution is -0.137. The third-order valence-corrected chi connectivity index (χ3v) is 8.61. The lowest BCUT2D eigenvalue weighted by Crippen LogP contribution is -2.42. The van der Waals surface area contributed by atoms with Crippen molar-refractivity contribution in [1.82, 2.24) is 14.8 Å². The molecule has 0 unspecified atom stereocenters. The van der Waals surface area contributed by atoms with Crippen LogP contribution in [0.15, 0.2) is 66.7 Å². The number of hydrogen-bond acceptors (Lipinski definition) is 6. The number of likely N-dealkylation sites (tertiary alicyclic amines) is 2. The Kier molecular flexibility index (Phi) is 8.35. The normalized spacial score (nSPS) is 17.4. The minimum Gasteiger partial charge on any atom is -0.504 e. The number of halogens is 3. The number of phenolic OH excluding ortho intramolecular Hbond substituents is 1. The van der Waals surface area contributed by atoms with Gasteiger partial charge in [0.15, 0.2) is 11.5 Å². The van der Waals surface area contributed by atoms with Crippen LogP contribution in [0.1, 0.15) is 47.2 Å². The molecule has 0 radical (unpaired) electrons. The summed E-state index contributed by atoms with van der Waals surface area (Å²) in [5.41, 5.74) is 2.76. The molecule has 2 fully saturated rings. The molecule has 230 valence electrons. The first-order valence-corrected chi connectivity index (χ1v) is 14.9. The van der Waals surface area contributed by atoms with Gasteiger partial charge in [-0.25, -0.2) is 4.98 Å². The Morgan fingerprint density at radius 3 is 2.43 bits per heavy atom. The Bertz CT molecular complexity index is 1650. The summed E-state index contributed by atoms with van der Waals surface area (Å²) in [5.74, 6) is 0.797. The molecule has 1 atom stereocenters. The zero-order chi connectivity index (χ0) is 30.8. The molecule has 0 saturated carbocycles. The van der Waals surface area contributed by atoms with E-state index in [1.54, 1.807) is 24.3 Å². The van der Waals surface area contributed by atoms with Gasteiger partial charge in [-0.3, -0.25) is 4.79 Å². The molecular weight excluding hydrogens is 569 g/mol. The van der Waals surface area contributed by atoms with Crippen LogP contribution >= 0.6 is 0 Å². The lowest BCUT2D eigenvalue weighted by atomic mass is 9.99. The molecule has 0 bridgehead atoms. The van der Waals surface area contributed by atoms with E-state index < -0.39 is 11.7 Å². The third-order valence-electron chi connectivity index (χ3n) is 8.61. The van der Waals surface area contributed by atoms with Crippen molar-refractivity contribution < 1.29 is 27.8 Å². The fourth-order valence-electron chi connectivity index (χ4n) is 6.25. The van der Waals surface area contributed by atoms with E-state index >= 15 is 0 Å². The van der Waals surface area contributed by atoms with Crippen LogP contribution in [-0.4, -0.2) is 65.1 Å². The number of amides is 1. The van der Waals surface area contributed by atoms with Gasteiger partial charge in [0.2, 0.25) is 0 Å². The van der Waals surface area contributed by atoms with Crippen molar-refractivity contribution in [3.8, 4) is 22.6 Å². The van der Waals surface area contributed by atoms with Crippen molar-refractivity contribution in [1.29, 1.82) is 0 Å². The van der Waals surface area contributed by atoms with Crippen LogP contribution in [0.2, 0.25) is 0 Å². The number of nitrogens with zero attached hydrogens (tertiary/aromatic N) is 3. The Balaban J connectivity index is 1.34. The maximum atomic E-state index is 14.3. The number of phenols is 1. The second-order valence-corrected chi connectivity index (χ2v) is 11.5. The molecular formula is C34H35F3N4O3. The number of ether oxygens (including phenoxy) is 1. The fraction of sp³-hybridized carbons (Fsp3) is 0.353. The molecule has 3 aromatic carbocycles. The lowest BCUT2D eigenvalue weighted by Gasteiger charge is -2.29. The van der Waals surface area contributed by atoms with E-state index in [1.807, 2.05) is 23.1 Å². The number of rotatable bonds is 8. The van der Waals surface area contributed by atoms with E-state index in [2.05, 4.69) is 10.2 Å². The van der Waals surface area contributed by atoms with E-state index in [1.165, 1.54) is 32.1 Å². The Hall–Kier alpha value is -4.31. The van der Waals surface area contributed by atoms with Crippen molar-refractivity contribution in [3.05, 3.63) is 83.4 Å². The number of pyridine rings is 1. The number of anilines is 1. The number of aromatic nitrogens is 1. The maximum absolute atomic E-state index is 14.3. The number of fused-ring (bicyclic) bond motifs is 1. The molecule has 3 heterocycles. The number of hydrogen-bond donors (Lipinski definition) is 2. The zero-order valence-corrected chi connectivity index (χ0v) is 24.5. The highest BCUT2D eigenvalue weighted by atomic mass is 19.4. The molecule has 0 aliphatic carbocycles. The Morgan fingerprint density at radius 1 is 0.977 bits per heavy atom. The molecule has 4 aromatic rings. The van der Waals surface area contributed by atoms with E-state index in [0.29, 0.717) is 40.1 Å². The topological polar surface area (TPSA) is 77.9 Å². The molecule has 2 saturated heterocycles. The number of carbonyl (C=O) groups is 1. The highest BCUT2D eigenvalue weighted by Crippen LogP contribution is 2.35. The van der Waals surface area contributed by atoms with Crippen LogP contribution in [0.25, 0.3) is 22.0 Å². The summed E-state index contributed by atoms with van der Waals surface area (Å²) in [7, 11) is 1.49. The Morgan fingerprint density at radius 2 is 1.70 bits per heavy atom. The number of benzene rings is 3. The number of aromatic hydroxyl groups is 1. The van der Waals surface area contributed by atoms with Crippen molar-refractivity contribution in [2.75, 3.05) is 38.6 Å². The summed E-state index contributed by atoms with van der Waals surface area (Å²) in [6, 6.07) is 17.7. The monoisotopic (exact) mass is 604 g/mol. The SMILES string of the molecule is COc1cc(-c2ccc3nc(NCc4ccc(C(F)(F)F)cc4)cc(C(=O)N4CCC[C@H]4CN4CCCC4)c3c2)ccc1O.